The fraction of sp³-hybridized carbons (Fsp3) is 0.346. The van der Waals surface area contributed by atoms with Gasteiger partial charge < -0.3 is 10.1 Å². The fourth-order valence-corrected chi connectivity index (χ4v) is 5.72. The van der Waals surface area contributed by atoms with Crippen molar-refractivity contribution in [2.75, 3.05) is 12.4 Å². The van der Waals surface area contributed by atoms with Crippen LogP contribution in [-0.2, 0) is 14.4 Å². The van der Waals surface area contributed by atoms with Crippen molar-refractivity contribution in [3.8, 4) is 5.75 Å². The summed E-state index contributed by atoms with van der Waals surface area (Å²) in [5.74, 6) is -1.34. The van der Waals surface area contributed by atoms with Crippen LogP contribution < -0.4 is 10.1 Å². The Morgan fingerprint density at radius 2 is 1.71 bits per heavy atom. The van der Waals surface area contributed by atoms with Crippen LogP contribution in [0, 0.1) is 33.8 Å². The second kappa shape index (κ2) is 8.98. The van der Waals surface area contributed by atoms with E-state index in [0.717, 1.165) is 12.8 Å². The quantitative estimate of drug-likeness (QED) is 0.281. The van der Waals surface area contributed by atoms with Gasteiger partial charge in [0.1, 0.15) is 5.75 Å². The van der Waals surface area contributed by atoms with Crippen molar-refractivity contribution >= 4 is 29.1 Å². The Balaban J connectivity index is 1.44. The van der Waals surface area contributed by atoms with Gasteiger partial charge in [-0.1, -0.05) is 42.5 Å². The maximum absolute atomic E-state index is 13.6. The summed E-state index contributed by atoms with van der Waals surface area (Å²) in [6.07, 6.45) is 5.71. The topological polar surface area (TPSA) is 119 Å². The highest BCUT2D eigenvalue weighted by Gasteiger charge is 2.58. The lowest BCUT2D eigenvalue weighted by Gasteiger charge is -2.38. The zero-order chi connectivity index (χ0) is 24.7. The lowest BCUT2D eigenvalue weighted by Crippen LogP contribution is -2.38. The summed E-state index contributed by atoms with van der Waals surface area (Å²) < 4.78 is 5.24. The van der Waals surface area contributed by atoms with E-state index in [4.69, 9.17) is 4.74 Å². The number of fused-ring (bicyclic) bond motifs is 1. The molecule has 1 saturated carbocycles. The van der Waals surface area contributed by atoms with E-state index >= 15 is 0 Å². The Labute approximate surface area is 201 Å². The first-order valence-electron chi connectivity index (χ1n) is 11.6. The van der Waals surface area contributed by atoms with Crippen LogP contribution in [-0.4, -0.2) is 34.7 Å². The number of likely N-dealkylation sites (tertiary alicyclic amines) is 1. The summed E-state index contributed by atoms with van der Waals surface area (Å²) in [7, 11) is 1.40. The van der Waals surface area contributed by atoms with Gasteiger partial charge in [0.05, 0.1) is 42.0 Å². The van der Waals surface area contributed by atoms with Crippen molar-refractivity contribution in [1.29, 1.82) is 0 Å². The maximum Gasteiger partial charge on any atom is 0.271 e. The molecule has 35 heavy (non-hydrogen) atoms. The number of nitrogens with zero attached hydrogens (tertiary/aromatic N) is 2. The van der Waals surface area contributed by atoms with Crippen LogP contribution in [0.3, 0.4) is 0 Å². The number of non-ortho nitro benzene ring substituents is 1. The Hall–Kier alpha value is -4.01. The van der Waals surface area contributed by atoms with E-state index in [1.807, 2.05) is 6.07 Å². The van der Waals surface area contributed by atoms with Crippen molar-refractivity contribution < 1.29 is 24.0 Å². The van der Waals surface area contributed by atoms with Crippen LogP contribution in [0.5, 0.6) is 5.75 Å². The van der Waals surface area contributed by atoms with E-state index < -0.39 is 16.9 Å². The number of ether oxygens (including phenoxy) is 1. The summed E-state index contributed by atoms with van der Waals surface area (Å²) in [6, 6.07) is 12.1. The number of carbonyl (C=O) groups is 3. The third-order valence-corrected chi connectivity index (χ3v) is 7.34. The van der Waals surface area contributed by atoms with Gasteiger partial charge in [-0.2, -0.15) is 0 Å². The molecule has 1 aliphatic heterocycles. The first-order chi connectivity index (χ1) is 16.9. The van der Waals surface area contributed by atoms with Crippen molar-refractivity contribution in [2.24, 2.45) is 23.7 Å². The van der Waals surface area contributed by atoms with Crippen LogP contribution >= 0.6 is 0 Å². The molecular weight excluding hydrogens is 450 g/mol. The Morgan fingerprint density at radius 1 is 1.09 bits per heavy atom. The molecule has 6 rings (SSSR count). The monoisotopic (exact) mass is 475 g/mol. The van der Waals surface area contributed by atoms with Gasteiger partial charge in [-0.15, -0.1) is 0 Å². The Kier molecular flexibility index (Phi) is 5.84. The molecule has 1 heterocycles. The van der Waals surface area contributed by atoms with Crippen LogP contribution in [0.1, 0.15) is 30.9 Å². The molecule has 0 aromatic heterocycles. The largest absolute Gasteiger partial charge is 0.495 e. The number of rotatable bonds is 7. The number of hydrogen-bond donors (Lipinski definition) is 1. The fourth-order valence-electron chi connectivity index (χ4n) is 5.72. The van der Waals surface area contributed by atoms with Crippen LogP contribution in [0.2, 0.25) is 0 Å². The number of hydrogen-bond acceptors (Lipinski definition) is 6. The molecule has 1 saturated heterocycles. The maximum atomic E-state index is 13.6. The molecule has 180 valence electrons. The summed E-state index contributed by atoms with van der Waals surface area (Å²) >= 11 is 0. The van der Waals surface area contributed by atoms with Crippen molar-refractivity contribution in [1.82, 2.24) is 4.90 Å². The molecule has 5 atom stereocenters. The molecule has 2 fully saturated rings. The molecule has 1 N–H and O–H groups in total. The normalized spacial score (nSPS) is 25.3. The molecule has 4 aliphatic rings. The predicted octanol–water partition coefficient (Wildman–Crippen LogP) is 3.87. The molecule has 2 bridgehead atoms. The minimum absolute atomic E-state index is 0.0471. The van der Waals surface area contributed by atoms with E-state index in [1.165, 1.54) is 30.2 Å². The van der Waals surface area contributed by atoms with Crippen molar-refractivity contribution in [2.45, 2.75) is 25.3 Å². The lowest BCUT2D eigenvalue weighted by molar-refractivity contribution is -0.384. The third-order valence-electron chi connectivity index (χ3n) is 7.34. The summed E-state index contributed by atoms with van der Waals surface area (Å²) in [5.41, 5.74) is 0.625. The van der Waals surface area contributed by atoms with E-state index in [-0.39, 0.29) is 59.0 Å². The first kappa shape index (κ1) is 22.8. The number of amides is 3. The molecule has 9 nitrogen and oxygen atoms in total. The van der Waals surface area contributed by atoms with E-state index in [2.05, 4.69) is 17.5 Å². The zero-order valence-electron chi connectivity index (χ0n) is 19.1. The molecule has 2 aromatic rings. The zero-order valence-corrected chi connectivity index (χ0v) is 19.1. The molecule has 3 amide bonds. The van der Waals surface area contributed by atoms with Gasteiger partial charge in [-0.25, -0.2) is 0 Å². The second-order valence-electron chi connectivity index (χ2n) is 9.21. The number of benzene rings is 2. The van der Waals surface area contributed by atoms with E-state index in [9.17, 15) is 24.5 Å². The van der Waals surface area contributed by atoms with Gasteiger partial charge in [-0.3, -0.25) is 29.4 Å². The van der Waals surface area contributed by atoms with Gasteiger partial charge in [0.15, 0.2) is 0 Å². The van der Waals surface area contributed by atoms with Gasteiger partial charge >= 0.3 is 0 Å². The number of methoxy groups -OCH3 is 1. The highest BCUT2D eigenvalue weighted by atomic mass is 16.6. The van der Waals surface area contributed by atoms with Gasteiger partial charge in [0.25, 0.3) is 5.69 Å². The first-order valence-corrected chi connectivity index (χ1v) is 11.6. The van der Waals surface area contributed by atoms with Gasteiger partial charge in [0.2, 0.25) is 17.7 Å². The predicted molar refractivity (Wildman–Crippen MR) is 126 cm³/mol. The minimum Gasteiger partial charge on any atom is -0.495 e. The molecule has 9 heteroatoms. The second-order valence-corrected chi connectivity index (χ2v) is 9.21. The standard InChI is InChI=1S/C26H25N3O6/c1-35-21-12-11-18(29(33)34)13-19(21)27-22(30)14-20(15-5-3-2-4-6-15)28-25(31)23-16-7-8-17(10-9-16)24(23)26(28)32/h2-8,11-13,16-17,20,23-24H,9-10,14H2,1H3,(H,27,30)/t16-,17-,20-,23-,24+/m0/s1. The average molecular weight is 476 g/mol. The number of nitro benzene ring substituents is 1. The van der Waals surface area contributed by atoms with Crippen molar-refractivity contribution in [3.05, 3.63) is 76.4 Å². The van der Waals surface area contributed by atoms with Gasteiger partial charge in [0, 0.05) is 12.1 Å². The Bertz CT molecular complexity index is 1190. The van der Waals surface area contributed by atoms with Crippen LogP contribution in [0.4, 0.5) is 11.4 Å². The summed E-state index contributed by atoms with van der Waals surface area (Å²) in [5, 5.41) is 13.9. The lowest BCUT2D eigenvalue weighted by atomic mass is 9.63. The van der Waals surface area contributed by atoms with Crippen molar-refractivity contribution in [3.63, 3.8) is 0 Å². The molecule has 0 radical (unpaired) electrons. The van der Waals surface area contributed by atoms with Gasteiger partial charge in [-0.05, 0) is 36.3 Å². The average Bonchev–Trinajstić information content (AvgIpc) is 3.15. The summed E-state index contributed by atoms with van der Waals surface area (Å²) in [6.45, 7) is 0. The number of allylic oxidation sites excluding steroid dienone is 2. The molecule has 3 aliphatic carbocycles. The smallest absolute Gasteiger partial charge is 0.271 e. The van der Waals surface area contributed by atoms with E-state index in [1.54, 1.807) is 24.3 Å². The highest BCUT2D eigenvalue weighted by Crippen LogP contribution is 2.51. The number of imide groups is 1. The van der Waals surface area contributed by atoms with Crippen LogP contribution in [0.25, 0.3) is 0 Å². The highest BCUT2D eigenvalue weighted by molar-refractivity contribution is 6.07. The Morgan fingerprint density at radius 3 is 2.26 bits per heavy atom. The minimum atomic E-state index is -0.786. The molecule has 2 aromatic carbocycles. The van der Waals surface area contributed by atoms with Crippen LogP contribution in [0.15, 0.2) is 60.7 Å². The molecular formula is C26H25N3O6. The molecule has 0 spiro atoms. The number of nitro groups is 1. The number of carbonyl (C=O) groups excluding carboxylic acids is 3. The number of nitrogens with one attached hydrogen (secondary N) is 1. The summed E-state index contributed by atoms with van der Waals surface area (Å²) in [4.78, 5) is 52.2. The third kappa shape index (κ3) is 3.96. The van der Waals surface area contributed by atoms with E-state index in [0.29, 0.717) is 5.56 Å². The molecule has 0 unspecified atom stereocenters. The number of anilines is 1. The SMILES string of the molecule is COc1ccc([N+](=O)[O-])cc1NC(=O)C[C@@H](c1ccccc1)N1C(=O)[C@@H]2[C@H](C1=O)[C@H]1C=C[C@H]2CC1.